The van der Waals surface area contributed by atoms with Crippen molar-refractivity contribution < 1.29 is 19.1 Å². The first-order valence-corrected chi connectivity index (χ1v) is 3.99. The molecule has 0 aliphatic carbocycles. The van der Waals surface area contributed by atoms with Gasteiger partial charge in [-0.1, -0.05) is 0 Å². The number of carbonyl (C=O) groups excluding carboxylic acids is 2. The van der Waals surface area contributed by atoms with E-state index in [4.69, 9.17) is 4.74 Å². The summed E-state index contributed by atoms with van der Waals surface area (Å²) in [5.41, 5.74) is 0. The SMILES string of the molecule is COCCN(C=O)CCC(=O)OC. The Morgan fingerprint density at radius 3 is 2.54 bits per heavy atom. The maximum absolute atomic E-state index is 10.7. The second-order valence-electron chi connectivity index (χ2n) is 2.46. The molecular formula is C8H15NO4. The smallest absolute Gasteiger partial charge is 0.307 e. The van der Waals surface area contributed by atoms with Crippen LogP contribution in [-0.2, 0) is 19.1 Å². The van der Waals surface area contributed by atoms with Crippen LogP contribution in [0.3, 0.4) is 0 Å². The number of carbonyl (C=O) groups is 2. The molecule has 0 aromatic rings. The summed E-state index contributed by atoms with van der Waals surface area (Å²) >= 11 is 0. The van der Waals surface area contributed by atoms with Gasteiger partial charge in [-0.2, -0.15) is 0 Å². The maximum atomic E-state index is 10.7. The number of amides is 1. The number of methoxy groups -OCH3 is 2. The fraction of sp³-hybridized carbons (Fsp3) is 0.750. The Morgan fingerprint density at radius 1 is 1.38 bits per heavy atom. The molecule has 0 aliphatic rings. The van der Waals surface area contributed by atoms with Crippen molar-refractivity contribution in [2.24, 2.45) is 0 Å². The van der Waals surface area contributed by atoms with Gasteiger partial charge >= 0.3 is 5.97 Å². The Bertz CT molecular complexity index is 160. The highest BCUT2D eigenvalue weighted by molar-refractivity contribution is 5.69. The molecule has 0 aliphatic heterocycles. The van der Waals surface area contributed by atoms with Crippen LogP contribution < -0.4 is 0 Å². The summed E-state index contributed by atoms with van der Waals surface area (Å²) in [6.07, 6.45) is 0.918. The zero-order valence-electron chi connectivity index (χ0n) is 7.99. The number of ether oxygens (including phenoxy) is 2. The Labute approximate surface area is 77.6 Å². The van der Waals surface area contributed by atoms with Gasteiger partial charge in [0, 0.05) is 20.2 Å². The Morgan fingerprint density at radius 2 is 2.08 bits per heavy atom. The molecule has 0 atom stereocenters. The van der Waals surface area contributed by atoms with E-state index in [1.165, 1.54) is 12.0 Å². The van der Waals surface area contributed by atoms with Crippen molar-refractivity contribution in [3.8, 4) is 0 Å². The molecule has 0 bridgehead atoms. The van der Waals surface area contributed by atoms with Gasteiger partial charge in [-0.05, 0) is 0 Å². The first-order chi connectivity index (χ1) is 6.24. The highest BCUT2D eigenvalue weighted by Gasteiger charge is 2.05. The minimum Gasteiger partial charge on any atom is -0.469 e. The van der Waals surface area contributed by atoms with Gasteiger partial charge in [0.05, 0.1) is 20.1 Å². The number of hydrogen-bond donors (Lipinski definition) is 0. The van der Waals surface area contributed by atoms with Crippen molar-refractivity contribution in [1.82, 2.24) is 4.90 Å². The van der Waals surface area contributed by atoms with Crippen molar-refractivity contribution in [2.45, 2.75) is 6.42 Å². The molecule has 0 saturated heterocycles. The summed E-state index contributed by atoms with van der Waals surface area (Å²) in [6, 6.07) is 0. The molecule has 0 radical (unpaired) electrons. The topological polar surface area (TPSA) is 55.8 Å². The van der Waals surface area contributed by atoms with Gasteiger partial charge in [-0.3, -0.25) is 9.59 Å². The number of hydrogen-bond acceptors (Lipinski definition) is 4. The molecule has 0 aromatic heterocycles. The molecule has 13 heavy (non-hydrogen) atoms. The van der Waals surface area contributed by atoms with E-state index in [0.717, 1.165) is 0 Å². The molecular weight excluding hydrogens is 174 g/mol. The van der Waals surface area contributed by atoms with E-state index < -0.39 is 0 Å². The predicted octanol–water partition coefficient (Wildman–Crippen LogP) is -0.346. The van der Waals surface area contributed by atoms with E-state index in [9.17, 15) is 9.59 Å². The first-order valence-electron chi connectivity index (χ1n) is 3.99. The number of esters is 1. The average molecular weight is 189 g/mol. The van der Waals surface area contributed by atoms with Gasteiger partial charge in [0.25, 0.3) is 0 Å². The van der Waals surface area contributed by atoms with Crippen LogP contribution in [0.15, 0.2) is 0 Å². The van der Waals surface area contributed by atoms with Crippen LogP contribution in [0.25, 0.3) is 0 Å². The number of nitrogens with zero attached hydrogens (tertiary/aromatic N) is 1. The van der Waals surface area contributed by atoms with Gasteiger partial charge in [0.2, 0.25) is 6.41 Å². The molecule has 76 valence electrons. The summed E-state index contributed by atoms with van der Waals surface area (Å²) in [5.74, 6) is -0.315. The third-order valence-electron chi connectivity index (χ3n) is 1.56. The largest absolute Gasteiger partial charge is 0.469 e. The fourth-order valence-electron chi connectivity index (χ4n) is 0.763. The summed E-state index contributed by atoms with van der Waals surface area (Å²) in [4.78, 5) is 22.6. The van der Waals surface area contributed by atoms with Crippen LogP contribution >= 0.6 is 0 Å². The monoisotopic (exact) mass is 189 g/mol. The van der Waals surface area contributed by atoms with Crippen molar-refractivity contribution >= 4 is 12.4 Å². The van der Waals surface area contributed by atoms with Crippen molar-refractivity contribution in [1.29, 1.82) is 0 Å². The lowest BCUT2D eigenvalue weighted by Gasteiger charge is -2.15. The van der Waals surface area contributed by atoms with Gasteiger partial charge in [0.15, 0.2) is 0 Å². The van der Waals surface area contributed by atoms with E-state index in [0.29, 0.717) is 26.1 Å². The lowest BCUT2D eigenvalue weighted by molar-refractivity contribution is -0.141. The van der Waals surface area contributed by atoms with Gasteiger partial charge in [-0.15, -0.1) is 0 Å². The summed E-state index contributed by atoms with van der Waals surface area (Å²) < 4.78 is 9.23. The second-order valence-corrected chi connectivity index (χ2v) is 2.46. The molecule has 0 N–H and O–H groups in total. The zero-order chi connectivity index (χ0) is 10.1. The molecule has 1 amide bonds. The van der Waals surface area contributed by atoms with Crippen LogP contribution in [0.4, 0.5) is 0 Å². The third-order valence-corrected chi connectivity index (χ3v) is 1.56. The Balaban J connectivity index is 3.58. The van der Waals surface area contributed by atoms with Crippen LogP contribution in [-0.4, -0.2) is 51.2 Å². The van der Waals surface area contributed by atoms with Gasteiger partial charge < -0.3 is 14.4 Å². The van der Waals surface area contributed by atoms with Gasteiger partial charge in [0.1, 0.15) is 0 Å². The maximum Gasteiger partial charge on any atom is 0.307 e. The van der Waals surface area contributed by atoms with Crippen LogP contribution in [0.5, 0.6) is 0 Å². The zero-order valence-corrected chi connectivity index (χ0v) is 7.99. The third kappa shape index (κ3) is 6.10. The molecule has 0 heterocycles. The molecule has 0 spiro atoms. The molecule has 0 rings (SSSR count). The first kappa shape index (κ1) is 11.9. The summed E-state index contributed by atoms with van der Waals surface area (Å²) in [7, 11) is 2.88. The molecule has 5 nitrogen and oxygen atoms in total. The quantitative estimate of drug-likeness (QED) is 0.406. The van der Waals surface area contributed by atoms with Crippen molar-refractivity contribution in [2.75, 3.05) is 33.9 Å². The lowest BCUT2D eigenvalue weighted by Crippen LogP contribution is -2.28. The molecule has 0 aromatic carbocycles. The number of rotatable bonds is 7. The highest BCUT2D eigenvalue weighted by atomic mass is 16.5. The second kappa shape index (κ2) is 7.54. The average Bonchev–Trinajstić information content (AvgIpc) is 2.17. The summed E-state index contributed by atoms with van der Waals surface area (Å²) in [6.45, 7) is 1.34. The van der Waals surface area contributed by atoms with Crippen molar-refractivity contribution in [3.05, 3.63) is 0 Å². The van der Waals surface area contributed by atoms with Gasteiger partial charge in [-0.25, -0.2) is 0 Å². The predicted molar refractivity (Wildman–Crippen MR) is 46.1 cm³/mol. The van der Waals surface area contributed by atoms with Crippen LogP contribution in [0.2, 0.25) is 0 Å². The van der Waals surface area contributed by atoms with E-state index in [2.05, 4.69) is 4.74 Å². The normalized spacial score (nSPS) is 9.38. The van der Waals surface area contributed by atoms with E-state index in [-0.39, 0.29) is 12.4 Å². The fourth-order valence-corrected chi connectivity index (χ4v) is 0.763. The van der Waals surface area contributed by atoms with Crippen LogP contribution in [0.1, 0.15) is 6.42 Å². The molecule has 0 unspecified atom stereocenters. The minimum atomic E-state index is -0.315. The highest BCUT2D eigenvalue weighted by Crippen LogP contribution is 1.90. The van der Waals surface area contributed by atoms with E-state index >= 15 is 0 Å². The molecule has 0 fully saturated rings. The van der Waals surface area contributed by atoms with E-state index in [1.54, 1.807) is 7.11 Å². The Hall–Kier alpha value is -1.10. The lowest BCUT2D eigenvalue weighted by atomic mass is 10.4. The minimum absolute atomic E-state index is 0.221. The standard InChI is InChI=1S/C8H15NO4/c1-12-6-5-9(7-10)4-3-8(11)13-2/h7H,3-6H2,1-2H3. The van der Waals surface area contributed by atoms with E-state index in [1.807, 2.05) is 0 Å². The molecule has 0 saturated carbocycles. The van der Waals surface area contributed by atoms with Crippen LogP contribution in [0, 0.1) is 0 Å². The van der Waals surface area contributed by atoms with Crippen molar-refractivity contribution in [3.63, 3.8) is 0 Å². The molecule has 5 heteroatoms. The summed E-state index contributed by atoms with van der Waals surface area (Å²) in [5, 5.41) is 0. The Kier molecular flexibility index (Phi) is 6.91.